The Bertz CT molecular complexity index is 672. The van der Waals surface area contributed by atoms with E-state index in [0.717, 1.165) is 15.8 Å². The molecule has 0 saturated carbocycles. The van der Waals surface area contributed by atoms with Crippen molar-refractivity contribution in [2.45, 2.75) is 13.0 Å². The van der Waals surface area contributed by atoms with Gasteiger partial charge in [0.2, 0.25) is 5.91 Å². The van der Waals surface area contributed by atoms with E-state index in [-0.39, 0.29) is 5.91 Å². The molecule has 6 heteroatoms. The summed E-state index contributed by atoms with van der Waals surface area (Å²) in [5.41, 5.74) is 0.910. The van der Waals surface area contributed by atoms with Crippen molar-refractivity contribution in [3.8, 4) is 11.5 Å². The third kappa shape index (κ3) is 3.44. The summed E-state index contributed by atoms with van der Waals surface area (Å²) >= 11 is 5.17. The first-order valence-electron chi connectivity index (χ1n) is 6.98. The number of carbonyl (C=O) groups is 1. The molecule has 0 unspecified atom stereocenters. The van der Waals surface area contributed by atoms with Gasteiger partial charge >= 0.3 is 0 Å². The second-order valence-electron chi connectivity index (χ2n) is 5.09. The van der Waals surface area contributed by atoms with Gasteiger partial charge < -0.3 is 14.4 Å². The summed E-state index contributed by atoms with van der Waals surface area (Å²) in [6, 6.07) is 7.79. The largest absolute Gasteiger partial charge is 0.486 e. The van der Waals surface area contributed by atoms with Crippen molar-refractivity contribution >= 4 is 33.2 Å². The van der Waals surface area contributed by atoms with Gasteiger partial charge in [0.1, 0.15) is 13.2 Å². The molecule has 4 nitrogen and oxygen atoms in total. The molecule has 0 radical (unpaired) electrons. The van der Waals surface area contributed by atoms with Gasteiger partial charge in [-0.2, -0.15) is 0 Å². The Morgan fingerprint density at radius 3 is 2.73 bits per heavy atom. The first-order valence-corrected chi connectivity index (χ1v) is 8.65. The minimum absolute atomic E-state index is 0.0748. The van der Waals surface area contributed by atoms with Crippen molar-refractivity contribution in [3.05, 3.63) is 44.6 Å². The van der Waals surface area contributed by atoms with Gasteiger partial charge in [0.25, 0.3) is 0 Å². The van der Waals surface area contributed by atoms with Crippen molar-refractivity contribution < 1.29 is 14.3 Å². The number of likely N-dealkylation sites (N-methyl/N-ethyl adjacent to an activating group) is 1. The molecular weight excluding hydrogens is 366 g/mol. The highest BCUT2D eigenvalue weighted by Gasteiger charge is 2.18. The first-order chi connectivity index (χ1) is 10.6. The number of benzene rings is 1. The number of nitrogens with zero attached hydrogens (tertiary/aromatic N) is 1. The molecule has 0 N–H and O–H groups in total. The van der Waals surface area contributed by atoms with E-state index in [1.54, 1.807) is 16.2 Å². The summed E-state index contributed by atoms with van der Waals surface area (Å²) in [5.74, 6) is 1.50. The molecular formula is C16H16BrNO3S. The predicted molar refractivity (Wildman–Crippen MR) is 89.6 cm³/mol. The Labute approximate surface area is 141 Å². The Kier molecular flexibility index (Phi) is 4.69. The minimum atomic E-state index is 0.0748. The lowest BCUT2D eigenvalue weighted by atomic mass is 10.1. The lowest BCUT2D eigenvalue weighted by molar-refractivity contribution is -0.129. The molecule has 0 bridgehead atoms. The highest BCUT2D eigenvalue weighted by atomic mass is 79.9. The van der Waals surface area contributed by atoms with Gasteiger partial charge in [-0.25, -0.2) is 0 Å². The van der Waals surface area contributed by atoms with Crippen LogP contribution in [0.3, 0.4) is 0 Å². The fourth-order valence-corrected chi connectivity index (χ4v) is 3.48. The molecule has 3 rings (SSSR count). The van der Waals surface area contributed by atoms with Crippen molar-refractivity contribution in [1.29, 1.82) is 0 Å². The summed E-state index contributed by atoms with van der Waals surface area (Å²) in [6.07, 6.45) is 0.332. The molecule has 0 spiro atoms. The van der Waals surface area contributed by atoms with Gasteiger partial charge in [0.05, 0.1) is 13.0 Å². The Hall–Kier alpha value is -1.53. The van der Waals surface area contributed by atoms with Crippen LogP contribution in [-0.4, -0.2) is 31.1 Å². The van der Waals surface area contributed by atoms with Crippen LogP contribution in [0, 0.1) is 0 Å². The van der Waals surface area contributed by atoms with Gasteiger partial charge in [-0.15, -0.1) is 11.3 Å². The number of ether oxygens (including phenoxy) is 2. The number of amides is 1. The van der Waals surface area contributed by atoms with E-state index in [1.165, 1.54) is 4.88 Å². The monoisotopic (exact) mass is 381 g/mol. The SMILES string of the molecule is CN(Cc1cccs1)C(=O)Cc1cc2c(cc1Br)OCCO2. The van der Waals surface area contributed by atoms with E-state index >= 15 is 0 Å². The minimum Gasteiger partial charge on any atom is -0.486 e. The van der Waals surface area contributed by atoms with Crippen LogP contribution >= 0.6 is 27.3 Å². The van der Waals surface area contributed by atoms with Gasteiger partial charge in [0.15, 0.2) is 11.5 Å². The Morgan fingerprint density at radius 2 is 2.05 bits per heavy atom. The molecule has 1 amide bonds. The number of rotatable bonds is 4. The normalized spacial score (nSPS) is 13.0. The van der Waals surface area contributed by atoms with Gasteiger partial charge in [-0.3, -0.25) is 4.79 Å². The maximum atomic E-state index is 12.4. The van der Waals surface area contributed by atoms with Crippen LogP contribution in [0.15, 0.2) is 34.1 Å². The van der Waals surface area contributed by atoms with E-state index in [0.29, 0.717) is 31.9 Å². The predicted octanol–water partition coefficient (Wildman–Crippen LogP) is 3.48. The zero-order valence-electron chi connectivity index (χ0n) is 12.2. The van der Waals surface area contributed by atoms with Crippen LogP contribution in [0.1, 0.15) is 10.4 Å². The molecule has 116 valence electrons. The van der Waals surface area contributed by atoms with Crippen molar-refractivity contribution in [3.63, 3.8) is 0 Å². The van der Waals surface area contributed by atoms with E-state index < -0.39 is 0 Å². The molecule has 2 heterocycles. The van der Waals surface area contributed by atoms with Gasteiger partial charge in [-0.05, 0) is 29.1 Å². The topological polar surface area (TPSA) is 38.8 Å². The average molecular weight is 382 g/mol. The third-order valence-electron chi connectivity index (χ3n) is 3.45. The van der Waals surface area contributed by atoms with Crippen LogP contribution in [0.25, 0.3) is 0 Å². The number of fused-ring (bicyclic) bond motifs is 1. The molecule has 2 aromatic rings. The fraction of sp³-hybridized carbons (Fsp3) is 0.312. The first kappa shape index (κ1) is 15.4. The van der Waals surface area contributed by atoms with Crippen molar-refractivity contribution in [1.82, 2.24) is 4.90 Å². The third-order valence-corrected chi connectivity index (χ3v) is 5.05. The molecule has 22 heavy (non-hydrogen) atoms. The second-order valence-corrected chi connectivity index (χ2v) is 6.98. The Balaban J connectivity index is 1.70. The smallest absolute Gasteiger partial charge is 0.227 e. The van der Waals surface area contributed by atoms with Crippen LogP contribution in [0.4, 0.5) is 0 Å². The second kappa shape index (κ2) is 6.71. The summed E-state index contributed by atoms with van der Waals surface area (Å²) in [5, 5.41) is 2.02. The molecule has 1 aromatic carbocycles. The van der Waals surface area contributed by atoms with Crippen molar-refractivity contribution in [2.75, 3.05) is 20.3 Å². The molecule has 0 saturated heterocycles. The number of hydrogen-bond acceptors (Lipinski definition) is 4. The molecule has 1 aliphatic heterocycles. The highest BCUT2D eigenvalue weighted by molar-refractivity contribution is 9.10. The lowest BCUT2D eigenvalue weighted by Gasteiger charge is -2.21. The molecule has 1 aromatic heterocycles. The molecule has 0 fully saturated rings. The maximum absolute atomic E-state index is 12.4. The molecule has 0 atom stereocenters. The number of thiophene rings is 1. The Morgan fingerprint density at radius 1 is 1.32 bits per heavy atom. The van der Waals surface area contributed by atoms with Crippen molar-refractivity contribution in [2.24, 2.45) is 0 Å². The van der Waals surface area contributed by atoms with E-state index in [1.807, 2.05) is 36.7 Å². The van der Waals surface area contributed by atoms with Crippen LogP contribution in [-0.2, 0) is 17.8 Å². The van der Waals surface area contributed by atoms with E-state index in [4.69, 9.17) is 9.47 Å². The number of carbonyl (C=O) groups excluding carboxylic acids is 1. The van der Waals surface area contributed by atoms with Gasteiger partial charge in [0, 0.05) is 16.4 Å². The van der Waals surface area contributed by atoms with Gasteiger partial charge in [-0.1, -0.05) is 22.0 Å². The van der Waals surface area contributed by atoms with Crippen LogP contribution in [0.2, 0.25) is 0 Å². The number of halogens is 1. The van der Waals surface area contributed by atoms with E-state index in [9.17, 15) is 4.79 Å². The molecule has 1 aliphatic rings. The lowest BCUT2D eigenvalue weighted by Crippen LogP contribution is -2.27. The van der Waals surface area contributed by atoms with E-state index in [2.05, 4.69) is 15.9 Å². The molecule has 0 aliphatic carbocycles. The summed E-state index contributed by atoms with van der Waals surface area (Å²) < 4.78 is 12.0. The zero-order chi connectivity index (χ0) is 15.5. The highest BCUT2D eigenvalue weighted by Crippen LogP contribution is 2.35. The van der Waals surface area contributed by atoms with Crippen LogP contribution < -0.4 is 9.47 Å². The zero-order valence-corrected chi connectivity index (χ0v) is 14.6. The average Bonchev–Trinajstić information content (AvgIpc) is 3.00. The summed E-state index contributed by atoms with van der Waals surface area (Å²) in [6.45, 7) is 1.74. The summed E-state index contributed by atoms with van der Waals surface area (Å²) in [7, 11) is 1.83. The maximum Gasteiger partial charge on any atom is 0.227 e. The van der Waals surface area contributed by atoms with Crippen LogP contribution in [0.5, 0.6) is 11.5 Å². The standard InChI is InChI=1S/C16H16BrNO3S/c1-18(10-12-3-2-6-22-12)16(19)8-11-7-14-15(9-13(11)17)21-5-4-20-14/h2-3,6-7,9H,4-5,8,10H2,1H3. The summed E-state index contributed by atoms with van der Waals surface area (Å²) in [4.78, 5) is 15.3. The quantitative estimate of drug-likeness (QED) is 0.813. The number of hydrogen-bond donors (Lipinski definition) is 0. The fourth-order valence-electron chi connectivity index (χ4n) is 2.26.